The zero-order valence-corrected chi connectivity index (χ0v) is 16.9. The normalized spacial score (nSPS) is 27.6. The molecule has 4 heterocycles. The molecule has 1 N–H and O–H groups in total. The number of carbonyl (C=O) groups excluding carboxylic acids is 1. The molecule has 2 bridgehead atoms. The van der Waals surface area contributed by atoms with Gasteiger partial charge in [-0.2, -0.15) is 0 Å². The third kappa shape index (κ3) is 2.86. The summed E-state index contributed by atoms with van der Waals surface area (Å²) in [5.74, 6) is 0.414. The highest BCUT2D eigenvalue weighted by Gasteiger charge is 2.48. The molecule has 1 aromatic heterocycles. The quantitative estimate of drug-likeness (QED) is 0.872. The van der Waals surface area contributed by atoms with E-state index in [1.165, 1.54) is 17.6 Å². The Morgan fingerprint density at radius 3 is 2.58 bits per heavy atom. The van der Waals surface area contributed by atoms with Crippen molar-refractivity contribution in [2.75, 3.05) is 19.3 Å². The summed E-state index contributed by atoms with van der Waals surface area (Å²) in [5, 5.41) is 4.06. The highest BCUT2D eigenvalue weighted by molar-refractivity contribution is 7.91. The summed E-state index contributed by atoms with van der Waals surface area (Å²) in [6, 6.07) is 7.11. The predicted molar refractivity (Wildman–Crippen MR) is 105 cm³/mol. The van der Waals surface area contributed by atoms with Crippen LogP contribution < -0.4 is 5.32 Å². The SMILES string of the molecule is CC1(C)[C@@H](NC(=O)c2cc3cccc(S(C)(=O)=O)c3s2)C2CCN1CC2. The molecule has 5 rings (SSSR count). The molecule has 0 saturated carbocycles. The monoisotopic (exact) mass is 392 g/mol. The van der Waals surface area contributed by atoms with Crippen LogP contribution in [0, 0.1) is 5.92 Å². The van der Waals surface area contributed by atoms with E-state index in [1.807, 2.05) is 6.07 Å². The van der Waals surface area contributed by atoms with Gasteiger partial charge in [0, 0.05) is 17.8 Å². The molecule has 1 atom stereocenters. The van der Waals surface area contributed by atoms with Crippen LogP contribution in [0.4, 0.5) is 0 Å². The van der Waals surface area contributed by atoms with E-state index in [0.29, 0.717) is 20.4 Å². The number of thiophene rings is 1. The van der Waals surface area contributed by atoms with Gasteiger partial charge in [0.15, 0.2) is 9.84 Å². The first-order chi connectivity index (χ1) is 12.2. The number of rotatable bonds is 3. The molecule has 5 nitrogen and oxygen atoms in total. The van der Waals surface area contributed by atoms with E-state index in [1.54, 1.807) is 18.2 Å². The average Bonchev–Trinajstić information content (AvgIpc) is 3.01. The molecule has 1 aromatic carbocycles. The molecule has 0 unspecified atom stereocenters. The maximum atomic E-state index is 12.9. The van der Waals surface area contributed by atoms with Gasteiger partial charge in [0.2, 0.25) is 0 Å². The topological polar surface area (TPSA) is 66.5 Å². The second-order valence-corrected chi connectivity index (χ2v) is 11.0. The van der Waals surface area contributed by atoms with Gasteiger partial charge in [-0.3, -0.25) is 9.69 Å². The lowest BCUT2D eigenvalue weighted by atomic mass is 9.72. The second kappa shape index (κ2) is 6.04. The van der Waals surface area contributed by atoms with Crippen LogP contribution in [0.2, 0.25) is 0 Å². The van der Waals surface area contributed by atoms with E-state index in [-0.39, 0.29) is 17.5 Å². The molecular formula is C19H24N2O3S2. The fourth-order valence-corrected chi connectivity index (χ4v) is 6.86. The van der Waals surface area contributed by atoms with Gasteiger partial charge in [-0.05, 0) is 63.2 Å². The molecule has 0 aliphatic carbocycles. The van der Waals surface area contributed by atoms with Crippen LogP contribution in [0.3, 0.4) is 0 Å². The largest absolute Gasteiger partial charge is 0.346 e. The fraction of sp³-hybridized carbons (Fsp3) is 0.526. The Morgan fingerprint density at radius 1 is 1.27 bits per heavy atom. The van der Waals surface area contributed by atoms with E-state index >= 15 is 0 Å². The maximum absolute atomic E-state index is 12.9. The number of nitrogens with zero attached hydrogens (tertiary/aromatic N) is 1. The van der Waals surface area contributed by atoms with Crippen molar-refractivity contribution in [1.82, 2.24) is 10.2 Å². The summed E-state index contributed by atoms with van der Waals surface area (Å²) >= 11 is 1.26. The van der Waals surface area contributed by atoms with Crippen LogP contribution in [-0.2, 0) is 9.84 Å². The van der Waals surface area contributed by atoms with Crippen molar-refractivity contribution in [3.05, 3.63) is 29.1 Å². The van der Waals surface area contributed by atoms with Crippen LogP contribution in [-0.4, -0.2) is 50.2 Å². The van der Waals surface area contributed by atoms with Crippen molar-refractivity contribution >= 4 is 37.2 Å². The number of piperidine rings is 3. The average molecular weight is 393 g/mol. The third-order valence-corrected chi connectivity index (χ3v) is 8.46. The first kappa shape index (κ1) is 17.9. The van der Waals surface area contributed by atoms with Crippen molar-refractivity contribution in [2.45, 2.75) is 43.2 Å². The minimum Gasteiger partial charge on any atom is -0.346 e. The number of hydrogen-bond donors (Lipinski definition) is 1. The Bertz CT molecular complexity index is 970. The number of fused-ring (bicyclic) bond motifs is 4. The molecule has 0 radical (unpaired) electrons. The van der Waals surface area contributed by atoms with E-state index in [0.717, 1.165) is 31.3 Å². The van der Waals surface area contributed by atoms with Crippen molar-refractivity contribution in [2.24, 2.45) is 5.92 Å². The lowest BCUT2D eigenvalue weighted by Crippen LogP contribution is -2.69. The lowest BCUT2D eigenvalue weighted by molar-refractivity contribution is -0.0377. The van der Waals surface area contributed by atoms with Crippen LogP contribution in [0.1, 0.15) is 36.4 Å². The zero-order chi connectivity index (χ0) is 18.7. The van der Waals surface area contributed by atoms with Crippen molar-refractivity contribution < 1.29 is 13.2 Å². The van der Waals surface area contributed by atoms with Crippen LogP contribution in [0.5, 0.6) is 0 Å². The summed E-state index contributed by atoms with van der Waals surface area (Å²) in [6.07, 6.45) is 3.45. The van der Waals surface area contributed by atoms with Gasteiger partial charge >= 0.3 is 0 Å². The van der Waals surface area contributed by atoms with Crippen LogP contribution in [0.15, 0.2) is 29.2 Å². The fourth-order valence-electron chi connectivity index (χ4n) is 4.53. The third-order valence-electron chi connectivity index (χ3n) is 6.00. The van der Waals surface area contributed by atoms with Gasteiger partial charge in [-0.15, -0.1) is 11.3 Å². The summed E-state index contributed by atoms with van der Waals surface area (Å²) in [4.78, 5) is 16.3. The Kier molecular flexibility index (Phi) is 4.17. The molecule has 3 aliphatic rings. The van der Waals surface area contributed by atoms with Crippen LogP contribution in [0.25, 0.3) is 10.1 Å². The number of carbonyl (C=O) groups is 1. The molecule has 0 spiro atoms. The summed E-state index contributed by atoms with van der Waals surface area (Å²) < 4.78 is 24.7. The van der Waals surface area contributed by atoms with Crippen LogP contribution >= 0.6 is 11.3 Å². The number of sulfone groups is 1. The van der Waals surface area contributed by atoms with Gasteiger partial charge in [-0.25, -0.2) is 8.42 Å². The smallest absolute Gasteiger partial charge is 0.261 e. The Labute approximate surface area is 158 Å². The second-order valence-electron chi connectivity index (χ2n) is 7.99. The highest BCUT2D eigenvalue weighted by Crippen LogP contribution is 2.39. The molecule has 140 valence electrons. The summed E-state index contributed by atoms with van der Waals surface area (Å²) in [5.41, 5.74) is -0.0502. The molecule has 26 heavy (non-hydrogen) atoms. The minimum absolute atomic E-state index is 0.0502. The first-order valence-corrected chi connectivity index (χ1v) is 11.7. The molecular weight excluding hydrogens is 368 g/mol. The first-order valence-electron chi connectivity index (χ1n) is 8.96. The van der Waals surface area contributed by atoms with Gasteiger partial charge < -0.3 is 5.32 Å². The number of nitrogens with one attached hydrogen (secondary N) is 1. The Balaban J connectivity index is 1.65. The molecule has 1 amide bonds. The molecule has 3 saturated heterocycles. The number of benzene rings is 1. The number of hydrogen-bond acceptors (Lipinski definition) is 5. The summed E-state index contributed by atoms with van der Waals surface area (Å²) in [6.45, 7) is 6.61. The zero-order valence-electron chi connectivity index (χ0n) is 15.3. The van der Waals surface area contributed by atoms with Crippen molar-refractivity contribution in [3.63, 3.8) is 0 Å². The van der Waals surface area contributed by atoms with Gasteiger partial charge in [0.25, 0.3) is 5.91 Å². The van der Waals surface area contributed by atoms with E-state index < -0.39 is 9.84 Å². The summed E-state index contributed by atoms with van der Waals surface area (Å²) in [7, 11) is -3.32. The van der Waals surface area contributed by atoms with Gasteiger partial charge in [-0.1, -0.05) is 12.1 Å². The Hall–Kier alpha value is -1.44. The van der Waals surface area contributed by atoms with E-state index in [2.05, 4.69) is 24.1 Å². The van der Waals surface area contributed by atoms with Gasteiger partial charge in [0.1, 0.15) is 0 Å². The molecule has 3 fully saturated rings. The minimum atomic E-state index is -3.32. The maximum Gasteiger partial charge on any atom is 0.261 e. The molecule has 7 heteroatoms. The van der Waals surface area contributed by atoms with E-state index in [9.17, 15) is 13.2 Å². The highest BCUT2D eigenvalue weighted by atomic mass is 32.2. The molecule has 2 aromatic rings. The van der Waals surface area contributed by atoms with E-state index in [4.69, 9.17) is 0 Å². The number of amides is 1. The predicted octanol–water partition coefficient (Wildman–Crippen LogP) is 2.91. The van der Waals surface area contributed by atoms with Crippen molar-refractivity contribution in [1.29, 1.82) is 0 Å². The van der Waals surface area contributed by atoms with Gasteiger partial charge in [0.05, 0.1) is 14.5 Å². The van der Waals surface area contributed by atoms with Crippen molar-refractivity contribution in [3.8, 4) is 0 Å². The molecule has 3 aliphatic heterocycles. The Morgan fingerprint density at radius 2 is 1.96 bits per heavy atom. The standard InChI is InChI=1S/C19H24N2O3S2/c1-19(2)17(12-7-9-21(19)10-8-12)20-18(22)14-11-13-5-4-6-15(16(13)25-14)26(3,23)24/h4-6,11-12,17H,7-10H2,1-3H3,(H,20,22)/t17-/m0/s1. The lowest BCUT2D eigenvalue weighted by Gasteiger charge is -2.56.